The van der Waals surface area contributed by atoms with E-state index in [1.807, 2.05) is 41.7 Å². The van der Waals surface area contributed by atoms with Crippen LogP contribution in [0.5, 0.6) is 0 Å². The van der Waals surface area contributed by atoms with E-state index in [1.165, 1.54) is 14.0 Å². The molecule has 4 N–H and O–H groups in total. The number of rotatable bonds is 8. The summed E-state index contributed by atoms with van der Waals surface area (Å²) in [5, 5.41) is 46.0. The molecule has 0 spiro atoms. The van der Waals surface area contributed by atoms with Crippen molar-refractivity contribution < 1.29 is 58.4 Å². The Bertz CT molecular complexity index is 1230. The molecule has 3 fully saturated rings. The first kappa shape index (κ1) is 42.4. The summed E-state index contributed by atoms with van der Waals surface area (Å²) in [4.78, 5) is 16.2. The van der Waals surface area contributed by atoms with Gasteiger partial charge in [-0.15, -0.1) is 0 Å². The Morgan fingerprint density at radius 1 is 0.961 bits per heavy atom. The molecule has 3 saturated heterocycles. The Hall–Kier alpha value is -1.39. The Morgan fingerprint density at radius 2 is 1.61 bits per heavy atom. The second-order valence-corrected chi connectivity index (χ2v) is 16.5. The first-order valence-electron chi connectivity index (χ1n) is 18.9. The number of carbonyl (C=O) groups is 1. The van der Waals surface area contributed by atoms with Crippen molar-refractivity contribution in [1.82, 2.24) is 4.90 Å². The minimum Gasteiger partial charge on any atom is -0.489 e. The molecule has 17 atom stereocenters. The molecule has 0 aromatic carbocycles. The summed E-state index contributed by atoms with van der Waals surface area (Å²) in [7, 11) is 3.49. The third-order valence-electron chi connectivity index (χ3n) is 12.4. The van der Waals surface area contributed by atoms with Gasteiger partial charge in [-0.1, -0.05) is 27.7 Å². The highest BCUT2D eigenvalue weighted by Crippen LogP contribution is 2.47. The summed E-state index contributed by atoms with van der Waals surface area (Å²) in [5.41, 5.74) is -3.00. The Morgan fingerprint density at radius 3 is 2.20 bits per heavy atom. The van der Waals surface area contributed by atoms with Crippen molar-refractivity contribution in [3.63, 3.8) is 0 Å². The molecule has 0 saturated carbocycles. The second-order valence-electron chi connectivity index (χ2n) is 16.5. The van der Waals surface area contributed by atoms with Crippen molar-refractivity contribution in [3.05, 3.63) is 11.3 Å². The molecule has 296 valence electrons. The summed E-state index contributed by atoms with van der Waals surface area (Å²) >= 11 is 0. The number of methoxy groups -OCH3 is 1. The van der Waals surface area contributed by atoms with E-state index < -0.39 is 95.8 Å². The number of fused-ring (bicyclic) bond motifs is 2. The molecule has 0 aromatic heterocycles. The van der Waals surface area contributed by atoms with Gasteiger partial charge in [0, 0.05) is 37.8 Å². The van der Waals surface area contributed by atoms with Gasteiger partial charge in [0.2, 0.25) is 0 Å². The normalized spacial score (nSPS) is 48.8. The number of aliphatic hydroxyl groups excluding tert-OH is 3. The zero-order valence-electron chi connectivity index (χ0n) is 33.1. The minimum atomic E-state index is -1.82. The van der Waals surface area contributed by atoms with Gasteiger partial charge in [-0.05, 0) is 80.5 Å². The number of nitrogens with zero attached hydrogens (tertiary/aromatic N) is 1. The van der Waals surface area contributed by atoms with Crippen LogP contribution in [0.3, 0.4) is 0 Å². The van der Waals surface area contributed by atoms with Gasteiger partial charge in [0.1, 0.15) is 41.4 Å². The first-order valence-corrected chi connectivity index (χ1v) is 18.9. The van der Waals surface area contributed by atoms with E-state index in [0.29, 0.717) is 18.6 Å². The molecular weight excluding hydrogens is 662 g/mol. The van der Waals surface area contributed by atoms with Crippen molar-refractivity contribution >= 4 is 5.97 Å². The highest BCUT2D eigenvalue weighted by Gasteiger charge is 2.56. The van der Waals surface area contributed by atoms with E-state index in [4.69, 9.17) is 33.2 Å². The van der Waals surface area contributed by atoms with Gasteiger partial charge in [0.05, 0.1) is 35.9 Å². The van der Waals surface area contributed by atoms with E-state index in [0.717, 1.165) is 12.1 Å². The van der Waals surface area contributed by atoms with Gasteiger partial charge >= 0.3 is 5.97 Å². The summed E-state index contributed by atoms with van der Waals surface area (Å²) in [6.07, 6.45) is -7.37. The third-order valence-corrected chi connectivity index (χ3v) is 12.4. The lowest BCUT2D eigenvalue weighted by molar-refractivity contribution is -0.317. The van der Waals surface area contributed by atoms with Crippen LogP contribution in [0.15, 0.2) is 11.3 Å². The Kier molecular flexibility index (Phi) is 13.4. The average Bonchev–Trinajstić information content (AvgIpc) is 3.40. The fourth-order valence-electron chi connectivity index (χ4n) is 8.89. The maximum atomic E-state index is 14.1. The molecule has 0 aromatic rings. The number of likely N-dealkylation sites (N-methyl/N-ethyl adjacent to an activating group) is 1. The molecule has 4 aliphatic heterocycles. The van der Waals surface area contributed by atoms with E-state index in [2.05, 4.69) is 4.90 Å². The smallest absolute Gasteiger partial charge is 0.311 e. The van der Waals surface area contributed by atoms with Gasteiger partial charge in [-0.2, -0.15) is 0 Å². The first-order chi connectivity index (χ1) is 23.6. The van der Waals surface area contributed by atoms with Gasteiger partial charge in [-0.3, -0.25) is 4.79 Å². The van der Waals surface area contributed by atoms with Crippen LogP contribution in [-0.4, -0.2) is 136 Å². The fraction of sp³-hybridized carbons (Fsp3) is 0.921. The number of hydrogen-bond donors (Lipinski definition) is 4. The molecule has 0 amide bonds. The number of esters is 1. The predicted octanol–water partition coefficient (Wildman–Crippen LogP) is 3.28. The monoisotopic (exact) mass is 729 g/mol. The lowest BCUT2D eigenvalue weighted by atomic mass is 9.78. The standard InChI is InChI=1S/C38H67NO12/c1-14-26-38(11,44)31(41)21(5)29-19(3)17-37(10,51-29)33(50-35-28(40)25(39(12)15-2)16-20(4)46-35)22(6)30(23(7)34(43)48-26)49-27-18-36(9,45-13)32(42)24(8)47-27/h20-28,30-33,35,40-42,44H,14-18H2,1-13H3/t20-,21?,22+,23-,24+,25+,26-,27+,28-,30+,31-,32+,33-,35+,36-,37-,38-/m1/s1. The van der Waals surface area contributed by atoms with Gasteiger partial charge in [0.25, 0.3) is 0 Å². The molecule has 1 unspecified atom stereocenters. The zero-order chi connectivity index (χ0) is 38.4. The van der Waals surface area contributed by atoms with E-state index in [-0.39, 0.29) is 25.0 Å². The van der Waals surface area contributed by atoms with Gasteiger partial charge in [-0.25, -0.2) is 0 Å². The third kappa shape index (κ3) is 8.33. The van der Waals surface area contributed by atoms with Crippen LogP contribution in [0.1, 0.15) is 102 Å². The van der Waals surface area contributed by atoms with Crippen LogP contribution in [0.25, 0.3) is 0 Å². The van der Waals surface area contributed by atoms with Gasteiger partial charge < -0.3 is 58.5 Å². The van der Waals surface area contributed by atoms with E-state index >= 15 is 0 Å². The maximum absolute atomic E-state index is 14.1. The molecule has 0 radical (unpaired) electrons. The summed E-state index contributed by atoms with van der Waals surface area (Å²) < 4.78 is 44.8. The fourth-order valence-corrected chi connectivity index (χ4v) is 8.89. The highest BCUT2D eigenvalue weighted by molar-refractivity contribution is 5.73. The van der Waals surface area contributed by atoms with Crippen LogP contribution in [-0.2, 0) is 38.0 Å². The van der Waals surface area contributed by atoms with Crippen LogP contribution >= 0.6 is 0 Å². The quantitative estimate of drug-likeness (QED) is 0.269. The molecule has 4 rings (SSSR count). The highest BCUT2D eigenvalue weighted by atomic mass is 16.7. The summed E-state index contributed by atoms with van der Waals surface area (Å²) in [6, 6.07) is -0.221. The number of aliphatic hydroxyl groups is 4. The average molecular weight is 730 g/mol. The predicted molar refractivity (Wildman–Crippen MR) is 188 cm³/mol. The Balaban J connectivity index is 1.84. The Labute approximate surface area is 304 Å². The lowest BCUT2D eigenvalue weighted by Crippen LogP contribution is -2.60. The van der Waals surface area contributed by atoms with Crippen molar-refractivity contribution in [3.8, 4) is 0 Å². The van der Waals surface area contributed by atoms with Crippen molar-refractivity contribution in [2.24, 2.45) is 17.8 Å². The molecule has 13 heteroatoms. The summed E-state index contributed by atoms with van der Waals surface area (Å²) in [6.45, 7) is 20.8. The van der Waals surface area contributed by atoms with Crippen LogP contribution in [0.4, 0.5) is 0 Å². The SMILES string of the molecule is CC[C@H]1OC(=O)[C@H](C)[C@@H](O[C@H]2C[C@@](C)(OC)[C@@H](O)[C@H](C)O2)[C@H](C)[C@@H](O[C@@H]2O[C@H](C)C[C@H](N(C)CC)[C@H]2O)[C@@]2(C)CC(C)=C(O2)C(C)[C@@H](O)[C@]1(C)O. The molecular formula is C38H67NO12. The van der Waals surface area contributed by atoms with Crippen molar-refractivity contribution in [1.29, 1.82) is 0 Å². The molecule has 0 aliphatic carbocycles. The lowest BCUT2D eigenvalue weighted by Gasteiger charge is -2.48. The molecule has 4 aliphatic rings. The second kappa shape index (κ2) is 16.1. The molecule has 51 heavy (non-hydrogen) atoms. The van der Waals surface area contributed by atoms with Gasteiger partial charge in [0.15, 0.2) is 12.6 Å². The van der Waals surface area contributed by atoms with Crippen LogP contribution in [0.2, 0.25) is 0 Å². The van der Waals surface area contributed by atoms with E-state index in [9.17, 15) is 25.2 Å². The molecule has 2 bridgehead atoms. The molecule has 13 nitrogen and oxygen atoms in total. The largest absolute Gasteiger partial charge is 0.489 e. The van der Waals surface area contributed by atoms with E-state index in [1.54, 1.807) is 34.6 Å². The number of hydrogen-bond acceptors (Lipinski definition) is 13. The summed E-state index contributed by atoms with van der Waals surface area (Å²) in [5.74, 6) is -2.31. The number of ether oxygens (including phenoxy) is 7. The van der Waals surface area contributed by atoms with Crippen molar-refractivity contribution in [2.75, 3.05) is 20.7 Å². The number of cyclic esters (lactones) is 1. The zero-order valence-corrected chi connectivity index (χ0v) is 33.1. The van der Waals surface area contributed by atoms with Crippen LogP contribution in [0, 0.1) is 17.8 Å². The minimum absolute atomic E-state index is 0.174. The molecule has 4 heterocycles. The topological polar surface area (TPSA) is 166 Å². The maximum Gasteiger partial charge on any atom is 0.311 e. The number of carbonyl (C=O) groups excluding carboxylic acids is 1. The van der Waals surface area contributed by atoms with Crippen molar-refractivity contribution in [2.45, 2.75) is 186 Å². The van der Waals surface area contributed by atoms with Crippen LogP contribution < -0.4 is 0 Å².